The predicted octanol–water partition coefficient (Wildman–Crippen LogP) is 1.54. The van der Waals surface area contributed by atoms with Gasteiger partial charge in [0.1, 0.15) is 0 Å². The van der Waals surface area contributed by atoms with Crippen LogP contribution in [0, 0.1) is 11.8 Å². The van der Waals surface area contributed by atoms with Crippen molar-refractivity contribution in [1.29, 1.82) is 0 Å². The average Bonchev–Trinajstić information content (AvgIpc) is 1.99. The molecule has 0 saturated carbocycles. The molecule has 0 saturated heterocycles. The van der Waals surface area contributed by atoms with Crippen LogP contribution in [0.15, 0.2) is 12.2 Å². The molecule has 0 aliphatic heterocycles. The van der Waals surface area contributed by atoms with Crippen LogP contribution in [0.1, 0.15) is 27.2 Å². The first-order valence-electron chi connectivity index (χ1n) is 4.61. The molecular weight excluding hydrogens is 150 g/mol. The van der Waals surface area contributed by atoms with Crippen molar-refractivity contribution in [3.8, 4) is 0 Å². The van der Waals surface area contributed by atoms with Gasteiger partial charge in [-0.3, -0.25) is 0 Å². The Labute approximate surface area is 75.5 Å². The first-order valence-corrected chi connectivity index (χ1v) is 4.61. The van der Waals surface area contributed by atoms with Crippen molar-refractivity contribution in [1.82, 2.24) is 0 Å². The topological polar surface area (TPSA) is 46.2 Å². The molecule has 2 nitrogen and oxygen atoms in total. The van der Waals surface area contributed by atoms with Gasteiger partial charge in [0.05, 0.1) is 0 Å². The highest BCUT2D eigenvalue weighted by atomic mass is 16.3. The maximum atomic E-state index is 8.74. The summed E-state index contributed by atoms with van der Waals surface area (Å²) in [6.07, 6.45) is 4.97. The van der Waals surface area contributed by atoms with Gasteiger partial charge in [-0.2, -0.15) is 0 Å². The van der Waals surface area contributed by atoms with Crippen molar-refractivity contribution >= 4 is 0 Å². The number of nitrogens with two attached hydrogens (primary N) is 1. The summed E-state index contributed by atoms with van der Waals surface area (Å²) >= 11 is 0. The lowest BCUT2D eigenvalue weighted by molar-refractivity contribution is 0.261. The smallest absolute Gasteiger partial charge is 0.0491 e. The molecule has 2 heteroatoms. The zero-order chi connectivity index (χ0) is 9.56. The molecule has 0 aliphatic rings. The van der Waals surface area contributed by atoms with E-state index in [1.165, 1.54) is 0 Å². The van der Waals surface area contributed by atoms with Crippen molar-refractivity contribution < 1.29 is 5.11 Å². The van der Waals surface area contributed by atoms with Crippen molar-refractivity contribution in [2.75, 3.05) is 6.61 Å². The summed E-state index contributed by atoms with van der Waals surface area (Å²) in [4.78, 5) is 0. The normalized spacial score (nSPS) is 17.2. The van der Waals surface area contributed by atoms with Crippen LogP contribution in [0.4, 0.5) is 0 Å². The van der Waals surface area contributed by atoms with Crippen LogP contribution in [-0.4, -0.2) is 17.8 Å². The first kappa shape index (κ1) is 11.7. The highest BCUT2D eigenvalue weighted by Crippen LogP contribution is 2.05. The van der Waals surface area contributed by atoms with E-state index >= 15 is 0 Å². The summed E-state index contributed by atoms with van der Waals surface area (Å²) < 4.78 is 0. The van der Waals surface area contributed by atoms with Crippen LogP contribution in [0.25, 0.3) is 0 Å². The summed E-state index contributed by atoms with van der Waals surface area (Å²) in [6, 6.07) is 0.138. The Hall–Kier alpha value is -0.340. The van der Waals surface area contributed by atoms with Crippen LogP contribution in [0.2, 0.25) is 0 Å². The Morgan fingerprint density at radius 3 is 2.25 bits per heavy atom. The summed E-state index contributed by atoms with van der Waals surface area (Å²) in [5, 5.41) is 8.74. The van der Waals surface area contributed by atoms with E-state index in [1.54, 1.807) is 0 Å². The molecule has 0 fully saturated rings. The first-order chi connectivity index (χ1) is 5.56. The predicted molar refractivity (Wildman–Crippen MR) is 52.8 cm³/mol. The standard InChI is InChI=1S/C10H21NO/c1-8(2)6-10(11)5-4-9(3)7-12/h4-5,8-10,12H,6-7,11H2,1-3H3/b5-4+. The molecule has 0 spiro atoms. The lowest BCUT2D eigenvalue weighted by Crippen LogP contribution is -2.19. The number of hydrogen-bond donors (Lipinski definition) is 2. The van der Waals surface area contributed by atoms with Crippen LogP contribution in [-0.2, 0) is 0 Å². The molecule has 2 atom stereocenters. The van der Waals surface area contributed by atoms with Gasteiger partial charge < -0.3 is 10.8 Å². The number of aliphatic hydroxyl groups is 1. The number of hydrogen-bond acceptors (Lipinski definition) is 2. The van der Waals surface area contributed by atoms with Crippen LogP contribution in [0.5, 0.6) is 0 Å². The lowest BCUT2D eigenvalue weighted by atomic mass is 10.0. The number of aliphatic hydroxyl groups excluding tert-OH is 1. The van der Waals surface area contributed by atoms with Gasteiger partial charge in [-0.1, -0.05) is 32.9 Å². The fraction of sp³-hybridized carbons (Fsp3) is 0.800. The van der Waals surface area contributed by atoms with E-state index in [1.807, 2.05) is 19.1 Å². The Balaban J connectivity index is 3.67. The van der Waals surface area contributed by atoms with E-state index in [0.717, 1.165) is 6.42 Å². The van der Waals surface area contributed by atoms with Gasteiger partial charge in [0.15, 0.2) is 0 Å². The molecular formula is C10H21NO. The van der Waals surface area contributed by atoms with Gasteiger partial charge in [-0.25, -0.2) is 0 Å². The number of rotatable bonds is 5. The van der Waals surface area contributed by atoms with Gasteiger partial charge in [-0.15, -0.1) is 0 Å². The molecule has 2 unspecified atom stereocenters. The molecule has 0 radical (unpaired) electrons. The fourth-order valence-electron chi connectivity index (χ4n) is 1.02. The zero-order valence-electron chi connectivity index (χ0n) is 8.33. The Morgan fingerprint density at radius 1 is 1.25 bits per heavy atom. The summed E-state index contributed by atoms with van der Waals surface area (Å²) in [7, 11) is 0. The van der Waals surface area contributed by atoms with E-state index in [0.29, 0.717) is 5.92 Å². The Kier molecular flexibility index (Phi) is 6.03. The second kappa shape index (κ2) is 6.21. The molecule has 3 N–H and O–H groups in total. The molecule has 0 aromatic rings. The van der Waals surface area contributed by atoms with Gasteiger partial charge in [0.25, 0.3) is 0 Å². The molecule has 0 bridgehead atoms. The second-order valence-electron chi connectivity index (χ2n) is 3.84. The molecule has 0 aromatic carbocycles. The van der Waals surface area contributed by atoms with Crippen LogP contribution < -0.4 is 5.73 Å². The van der Waals surface area contributed by atoms with E-state index in [-0.39, 0.29) is 18.6 Å². The minimum Gasteiger partial charge on any atom is -0.396 e. The zero-order valence-corrected chi connectivity index (χ0v) is 8.33. The molecule has 0 heterocycles. The molecule has 0 aliphatic carbocycles. The van der Waals surface area contributed by atoms with Crippen LogP contribution >= 0.6 is 0 Å². The third kappa shape index (κ3) is 6.38. The molecule has 0 amide bonds. The highest BCUT2D eigenvalue weighted by Gasteiger charge is 2.01. The van der Waals surface area contributed by atoms with E-state index in [2.05, 4.69) is 13.8 Å². The van der Waals surface area contributed by atoms with Crippen molar-refractivity contribution in [3.63, 3.8) is 0 Å². The fourth-order valence-corrected chi connectivity index (χ4v) is 1.02. The largest absolute Gasteiger partial charge is 0.396 e. The van der Waals surface area contributed by atoms with Gasteiger partial charge in [0.2, 0.25) is 0 Å². The van der Waals surface area contributed by atoms with Crippen LogP contribution in [0.3, 0.4) is 0 Å². The monoisotopic (exact) mass is 171 g/mol. The maximum absolute atomic E-state index is 8.74. The van der Waals surface area contributed by atoms with Crippen molar-refractivity contribution in [3.05, 3.63) is 12.2 Å². The molecule has 0 aromatic heterocycles. The molecule has 0 rings (SSSR count). The van der Waals surface area contributed by atoms with E-state index in [4.69, 9.17) is 10.8 Å². The lowest BCUT2D eigenvalue weighted by Gasteiger charge is -2.09. The summed E-state index contributed by atoms with van der Waals surface area (Å²) in [5.41, 5.74) is 5.81. The molecule has 72 valence electrons. The summed E-state index contributed by atoms with van der Waals surface area (Å²) in [6.45, 7) is 6.48. The van der Waals surface area contributed by atoms with E-state index in [9.17, 15) is 0 Å². The summed E-state index contributed by atoms with van der Waals surface area (Å²) in [5.74, 6) is 0.859. The second-order valence-corrected chi connectivity index (χ2v) is 3.84. The molecule has 12 heavy (non-hydrogen) atoms. The minimum atomic E-state index is 0.138. The highest BCUT2D eigenvalue weighted by molar-refractivity contribution is 4.94. The van der Waals surface area contributed by atoms with Crippen molar-refractivity contribution in [2.24, 2.45) is 17.6 Å². The Bertz CT molecular complexity index is 132. The van der Waals surface area contributed by atoms with Crippen molar-refractivity contribution in [2.45, 2.75) is 33.2 Å². The van der Waals surface area contributed by atoms with Gasteiger partial charge in [0, 0.05) is 12.6 Å². The quantitative estimate of drug-likeness (QED) is 0.616. The Morgan fingerprint density at radius 2 is 1.83 bits per heavy atom. The van der Waals surface area contributed by atoms with E-state index < -0.39 is 0 Å². The van der Waals surface area contributed by atoms with Gasteiger partial charge in [-0.05, 0) is 18.3 Å². The van der Waals surface area contributed by atoms with Gasteiger partial charge >= 0.3 is 0 Å². The average molecular weight is 171 g/mol. The minimum absolute atomic E-state index is 0.138. The maximum Gasteiger partial charge on any atom is 0.0491 e. The third-order valence-corrected chi connectivity index (χ3v) is 1.72. The SMILES string of the molecule is CC(C)CC(N)/C=C/C(C)CO. The third-order valence-electron chi connectivity index (χ3n) is 1.72.